The monoisotopic (exact) mass is 322 g/mol. The number of Topliss-reactive ketones (excluding diaryl/α,β-unsaturated/α-hetero) is 1. The van der Waals surface area contributed by atoms with E-state index in [2.05, 4.69) is 28.9 Å². The van der Waals surface area contributed by atoms with Crippen LogP contribution >= 0.6 is 15.9 Å². The summed E-state index contributed by atoms with van der Waals surface area (Å²) in [6, 6.07) is 6.11. The summed E-state index contributed by atoms with van der Waals surface area (Å²) in [6.07, 6.45) is 4.76. The van der Waals surface area contributed by atoms with E-state index in [9.17, 15) is 4.79 Å². The molecule has 1 fully saturated rings. The van der Waals surface area contributed by atoms with Crippen molar-refractivity contribution in [2.75, 3.05) is 7.11 Å². The molecule has 0 heterocycles. The van der Waals surface area contributed by atoms with Gasteiger partial charge in [0.2, 0.25) is 0 Å². The predicted molar refractivity (Wildman–Crippen MR) is 78.5 cm³/mol. The molecule has 0 saturated heterocycles. The van der Waals surface area contributed by atoms with Crippen LogP contribution in [0.15, 0.2) is 22.7 Å². The molecule has 1 aromatic rings. The summed E-state index contributed by atoms with van der Waals surface area (Å²) in [6.45, 7) is 2.16. The lowest BCUT2D eigenvalue weighted by Gasteiger charge is -2.41. The molecule has 2 aliphatic carbocycles. The molecule has 1 aromatic carbocycles. The molecule has 0 radical (unpaired) electrons. The highest BCUT2D eigenvalue weighted by atomic mass is 79.9. The Labute approximate surface area is 122 Å². The van der Waals surface area contributed by atoms with Gasteiger partial charge in [-0.25, -0.2) is 0 Å². The Bertz CT molecular complexity index is 528. The molecule has 0 N–H and O–H groups in total. The number of hydrogen-bond acceptors (Lipinski definition) is 2. The van der Waals surface area contributed by atoms with Gasteiger partial charge in [0.25, 0.3) is 0 Å². The highest BCUT2D eigenvalue weighted by Crippen LogP contribution is 2.50. The summed E-state index contributed by atoms with van der Waals surface area (Å²) < 4.78 is 6.59. The number of methoxy groups -OCH3 is 1. The molecule has 1 spiro atoms. The van der Waals surface area contributed by atoms with Crippen LogP contribution in [0.4, 0.5) is 0 Å². The molecule has 19 heavy (non-hydrogen) atoms. The molecule has 2 nitrogen and oxygen atoms in total. The average molecular weight is 323 g/mol. The van der Waals surface area contributed by atoms with Crippen molar-refractivity contribution in [1.82, 2.24) is 0 Å². The largest absolute Gasteiger partial charge is 0.379 e. The second kappa shape index (κ2) is 4.42. The lowest BCUT2D eigenvalue weighted by molar-refractivity contribution is -0.0460. The smallest absolute Gasteiger partial charge is 0.169 e. The molecule has 2 aliphatic rings. The minimum atomic E-state index is -0.152. The Morgan fingerprint density at radius 2 is 1.89 bits per heavy atom. The van der Waals surface area contributed by atoms with E-state index >= 15 is 0 Å². The van der Waals surface area contributed by atoms with Crippen molar-refractivity contribution in [1.29, 1.82) is 0 Å². The minimum Gasteiger partial charge on any atom is -0.379 e. The molecule has 3 heteroatoms. The zero-order valence-electron chi connectivity index (χ0n) is 11.5. The third-order valence-electron chi connectivity index (χ3n) is 5.08. The second-order valence-electron chi connectivity index (χ2n) is 6.24. The summed E-state index contributed by atoms with van der Waals surface area (Å²) in [5, 5.41) is 0. The van der Waals surface area contributed by atoms with Gasteiger partial charge in [0.05, 0.1) is 5.60 Å². The number of halogens is 1. The molecule has 1 saturated carbocycles. The standard InChI is InChI=1S/C16H19BrO2/c1-15(19-2)5-7-16(8-6-15)10-11-3-4-12(17)9-13(11)14(16)18/h3-4,9H,5-8,10H2,1-2H3/t15-,16+. The van der Waals surface area contributed by atoms with E-state index in [0.29, 0.717) is 5.78 Å². The fourth-order valence-electron chi connectivity index (χ4n) is 3.51. The first kappa shape index (κ1) is 13.3. The van der Waals surface area contributed by atoms with E-state index in [-0.39, 0.29) is 11.0 Å². The fourth-order valence-corrected chi connectivity index (χ4v) is 3.87. The summed E-state index contributed by atoms with van der Waals surface area (Å²) in [4.78, 5) is 12.8. The van der Waals surface area contributed by atoms with E-state index in [1.807, 2.05) is 12.1 Å². The van der Waals surface area contributed by atoms with Gasteiger partial charge < -0.3 is 4.74 Å². The average Bonchev–Trinajstić information content (AvgIpc) is 2.68. The van der Waals surface area contributed by atoms with Gasteiger partial charge >= 0.3 is 0 Å². The molecule has 0 amide bonds. The number of rotatable bonds is 1. The number of carbonyl (C=O) groups is 1. The van der Waals surface area contributed by atoms with Crippen molar-refractivity contribution in [2.24, 2.45) is 5.41 Å². The Kier molecular flexibility index (Phi) is 3.10. The van der Waals surface area contributed by atoms with Crippen molar-refractivity contribution < 1.29 is 9.53 Å². The van der Waals surface area contributed by atoms with Gasteiger partial charge in [0, 0.05) is 22.6 Å². The maximum Gasteiger partial charge on any atom is 0.169 e. The van der Waals surface area contributed by atoms with Crippen molar-refractivity contribution >= 4 is 21.7 Å². The molecule has 102 valence electrons. The molecule has 0 bridgehead atoms. The number of ketones is 1. The van der Waals surface area contributed by atoms with Crippen LogP contribution in [0.1, 0.15) is 48.5 Å². The number of ether oxygens (including phenoxy) is 1. The third-order valence-corrected chi connectivity index (χ3v) is 5.58. The lowest BCUT2D eigenvalue weighted by Crippen LogP contribution is -2.41. The lowest BCUT2D eigenvalue weighted by atomic mass is 9.67. The second-order valence-corrected chi connectivity index (χ2v) is 7.16. The van der Waals surface area contributed by atoms with Crippen molar-refractivity contribution in [3.63, 3.8) is 0 Å². The molecule has 0 atom stereocenters. The van der Waals surface area contributed by atoms with Gasteiger partial charge in [-0.1, -0.05) is 22.0 Å². The minimum absolute atomic E-state index is 0.0408. The molecular formula is C16H19BrO2. The van der Waals surface area contributed by atoms with Gasteiger partial charge in [-0.05, 0) is 56.7 Å². The van der Waals surface area contributed by atoms with Crippen LogP contribution in [0.2, 0.25) is 0 Å². The first-order chi connectivity index (χ1) is 8.98. The number of fused-ring (bicyclic) bond motifs is 1. The Morgan fingerprint density at radius 1 is 1.21 bits per heavy atom. The van der Waals surface area contributed by atoms with Gasteiger partial charge in [-0.2, -0.15) is 0 Å². The Morgan fingerprint density at radius 3 is 2.53 bits per heavy atom. The van der Waals surface area contributed by atoms with Crippen LogP contribution in [-0.4, -0.2) is 18.5 Å². The molecule has 0 aliphatic heterocycles. The van der Waals surface area contributed by atoms with Crippen LogP contribution < -0.4 is 0 Å². The van der Waals surface area contributed by atoms with Crippen LogP contribution in [0.3, 0.4) is 0 Å². The SMILES string of the molecule is CO[C@]1(C)CC[C@]2(CC1)Cc1ccc(Br)cc1C2=O. The molecule has 3 rings (SSSR count). The van der Waals surface area contributed by atoms with E-state index in [4.69, 9.17) is 4.74 Å². The highest BCUT2D eigenvalue weighted by Gasteiger charge is 2.49. The normalized spacial score (nSPS) is 33.7. The Hall–Kier alpha value is -0.670. The fraction of sp³-hybridized carbons (Fsp3) is 0.562. The third kappa shape index (κ3) is 2.07. The van der Waals surface area contributed by atoms with E-state index in [1.165, 1.54) is 5.56 Å². The predicted octanol–water partition coefficient (Wildman–Crippen LogP) is 4.15. The van der Waals surface area contributed by atoms with E-state index in [0.717, 1.165) is 42.1 Å². The maximum atomic E-state index is 12.8. The number of hydrogen-bond donors (Lipinski definition) is 0. The maximum absolute atomic E-state index is 12.8. The summed E-state index contributed by atoms with van der Waals surface area (Å²) in [5.74, 6) is 0.349. The highest BCUT2D eigenvalue weighted by molar-refractivity contribution is 9.10. The first-order valence-corrected chi connectivity index (χ1v) is 7.66. The zero-order valence-corrected chi connectivity index (χ0v) is 13.0. The quantitative estimate of drug-likeness (QED) is 0.776. The first-order valence-electron chi connectivity index (χ1n) is 6.86. The van der Waals surface area contributed by atoms with E-state index < -0.39 is 0 Å². The van der Waals surface area contributed by atoms with Crippen molar-refractivity contribution in [3.8, 4) is 0 Å². The van der Waals surface area contributed by atoms with Crippen LogP contribution in [0, 0.1) is 5.41 Å². The zero-order chi connectivity index (χ0) is 13.7. The van der Waals surface area contributed by atoms with Gasteiger partial charge in [0.15, 0.2) is 5.78 Å². The molecule has 0 unspecified atom stereocenters. The van der Waals surface area contributed by atoms with Gasteiger partial charge in [0.1, 0.15) is 0 Å². The number of benzene rings is 1. The Balaban J connectivity index is 1.88. The van der Waals surface area contributed by atoms with E-state index in [1.54, 1.807) is 7.11 Å². The summed E-state index contributed by atoms with van der Waals surface area (Å²) in [7, 11) is 1.78. The van der Waals surface area contributed by atoms with Crippen LogP contribution in [0.5, 0.6) is 0 Å². The summed E-state index contributed by atoms with van der Waals surface area (Å²) >= 11 is 3.46. The molecular weight excluding hydrogens is 304 g/mol. The van der Waals surface area contributed by atoms with Crippen LogP contribution in [-0.2, 0) is 11.2 Å². The van der Waals surface area contributed by atoms with Gasteiger partial charge in [-0.15, -0.1) is 0 Å². The number of carbonyl (C=O) groups excluding carboxylic acids is 1. The van der Waals surface area contributed by atoms with Crippen LogP contribution in [0.25, 0.3) is 0 Å². The van der Waals surface area contributed by atoms with Gasteiger partial charge in [-0.3, -0.25) is 4.79 Å². The van der Waals surface area contributed by atoms with Crippen molar-refractivity contribution in [3.05, 3.63) is 33.8 Å². The van der Waals surface area contributed by atoms with Crippen molar-refractivity contribution in [2.45, 2.75) is 44.6 Å². The summed E-state index contributed by atoms with van der Waals surface area (Å²) in [5.41, 5.74) is 1.95. The molecule has 0 aromatic heterocycles. The topological polar surface area (TPSA) is 26.3 Å².